The van der Waals surface area contributed by atoms with Crippen molar-refractivity contribution in [2.75, 3.05) is 18.5 Å². The maximum Gasteiger partial charge on any atom is 0.270 e. The molecule has 1 heterocycles. The lowest BCUT2D eigenvalue weighted by atomic mass is 10.0. The van der Waals surface area contributed by atoms with Gasteiger partial charge in [-0.2, -0.15) is 0 Å². The average Bonchev–Trinajstić information content (AvgIpc) is 2.47. The number of non-ortho nitro benzene ring substituents is 1. The lowest BCUT2D eigenvalue weighted by molar-refractivity contribution is -0.384. The molecule has 0 amide bonds. The minimum Gasteiger partial charge on any atom is -0.490 e. The third-order valence-electron chi connectivity index (χ3n) is 3.04. The summed E-state index contributed by atoms with van der Waals surface area (Å²) in [6.45, 7) is 1.43. The molecule has 2 aromatic carbocycles. The van der Waals surface area contributed by atoms with Gasteiger partial charge in [0.05, 0.1) is 10.6 Å². The molecule has 0 saturated heterocycles. The molecule has 1 aliphatic rings. The summed E-state index contributed by atoms with van der Waals surface area (Å²) in [4.78, 5) is 10.4. The second-order valence-electron chi connectivity index (χ2n) is 4.29. The number of anilines is 1. The summed E-state index contributed by atoms with van der Waals surface area (Å²) in [5.41, 5.74) is 2.78. The van der Waals surface area contributed by atoms with Gasteiger partial charge in [0.15, 0.2) is 0 Å². The van der Waals surface area contributed by atoms with Gasteiger partial charge in [-0.05, 0) is 23.3 Å². The molecule has 1 aliphatic heterocycles. The molecule has 0 fully saturated rings. The SMILES string of the molecule is O=[N+]([O-])c1cccc(-c2ccc3c(c2)NCCO3)c1. The normalized spacial score (nSPS) is 13.1. The number of hydrogen-bond acceptors (Lipinski definition) is 4. The molecule has 0 radical (unpaired) electrons. The van der Waals surface area contributed by atoms with Crippen LogP contribution in [0, 0.1) is 10.1 Å². The van der Waals surface area contributed by atoms with E-state index >= 15 is 0 Å². The Morgan fingerprint density at radius 2 is 2.00 bits per heavy atom. The zero-order chi connectivity index (χ0) is 13.2. The standard InChI is InChI=1S/C14H12N2O3/c17-16(18)12-3-1-2-10(8-12)11-4-5-14-13(9-11)15-6-7-19-14/h1-5,8-9,15H,6-7H2. The molecule has 0 saturated carbocycles. The highest BCUT2D eigenvalue weighted by Crippen LogP contribution is 2.33. The third-order valence-corrected chi connectivity index (χ3v) is 3.04. The van der Waals surface area contributed by atoms with Crippen LogP contribution in [0.4, 0.5) is 11.4 Å². The van der Waals surface area contributed by atoms with E-state index in [1.54, 1.807) is 12.1 Å². The minimum atomic E-state index is -0.386. The van der Waals surface area contributed by atoms with Crippen LogP contribution >= 0.6 is 0 Å². The molecular weight excluding hydrogens is 244 g/mol. The van der Waals surface area contributed by atoms with Gasteiger partial charge in [-0.3, -0.25) is 10.1 Å². The Morgan fingerprint density at radius 3 is 2.84 bits per heavy atom. The molecule has 2 aromatic rings. The summed E-state index contributed by atoms with van der Waals surface area (Å²) in [5.74, 6) is 0.820. The predicted octanol–water partition coefficient (Wildman–Crippen LogP) is 3.07. The Bertz CT molecular complexity index is 640. The molecule has 0 bridgehead atoms. The van der Waals surface area contributed by atoms with E-state index in [9.17, 15) is 10.1 Å². The number of nitro benzene ring substituents is 1. The summed E-state index contributed by atoms with van der Waals surface area (Å²) in [5, 5.41) is 14.0. The summed E-state index contributed by atoms with van der Waals surface area (Å²) in [6, 6.07) is 12.4. The lowest BCUT2D eigenvalue weighted by Gasteiger charge is -2.19. The highest BCUT2D eigenvalue weighted by Gasteiger charge is 2.12. The van der Waals surface area contributed by atoms with E-state index in [4.69, 9.17) is 4.74 Å². The van der Waals surface area contributed by atoms with Crippen molar-refractivity contribution in [3.63, 3.8) is 0 Å². The molecule has 5 nitrogen and oxygen atoms in total. The van der Waals surface area contributed by atoms with E-state index in [0.29, 0.717) is 6.61 Å². The lowest BCUT2D eigenvalue weighted by Crippen LogP contribution is -2.17. The van der Waals surface area contributed by atoms with Crippen LogP contribution < -0.4 is 10.1 Å². The van der Waals surface area contributed by atoms with Crippen molar-refractivity contribution in [2.24, 2.45) is 0 Å². The number of ether oxygens (including phenoxy) is 1. The van der Waals surface area contributed by atoms with Crippen molar-refractivity contribution < 1.29 is 9.66 Å². The van der Waals surface area contributed by atoms with Crippen LogP contribution in [0.1, 0.15) is 0 Å². The van der Waals surface area contributed by atoms with E-state index in [0.717, 1.165) is 29.1 Å². The average molecular weight is 256 g/mol. The first-order valence-corrected chi connectivity index (χ1v) is 5.99. The molecule has 1 N–H and O–H groups in total. The van der Waals surface area contributed by atoms with Gasteiger partial charge in [-0.25, -0.2) is 0 Å². The third kappa shape index (κ3) is 2.22. The quantitative estimate of drug-likeness (QED) is 0.662. The van der Waals surface area contributed by atoms with Crippen LogP contribution in [0.25, 0.3) is 11.1 Å². The zero-order valence-electron chi connectivity index (χ0n) is 10.1. The molecule has 19 heavy (non-hydrogen) atoms. The number of nitrogens with one attached hydrogen (secondary N) is 1. The van der Waals surface area contributed by atoms with Gasteiger partial charge in [0.25, 0.3) is 5.69 Å². The Balaban J connectivity index is 2.02. The van der Waals surface area contributed by atoms with Crippen LogP contribution in [0.3, 0.4) is 0 Å². The molecule has 5 heteroatoms. The first-order chi connectivity index (χ1) is 9.24. The van der Waals surface area contributed by atoms with Crippen molar-refractivity contribution in [3.05, 3.63) is 52.6 Å². The van der Waals surface area contributed by atoms with E-state index in [1.165, 1.54) is 6.07 Å². The molecule has 0 aromatic heterocycles. The fourth-order valence-electron chi connectivity index (χ4n) is 2.12. The van der Waals surface area contributed by atoms with Gasteiger partial charge in [0, 0.05) is 18.7 Å². The van der Waals surface area contributed by atoms with Gasteiger partial charge in [0.2, 0.25) is 0 Å². The topological polar surface area (TPSA) is 64.4 Å². The predicted molar refractivity (Wildman–Crippen MR) is 72.5 cm³/mol. The molecule has 0 atom stereocenters. The number of nitro groups is 1. The fourth-order valence-corrected chi connectivity index (χ4v) is 2.12. The van der Waals surface area contributed by atoms with Gasteiger partial charge in [0.1, 0.15) is 12.4 Å². The summed E-state index contributed by atoms with van der Waals surface area (Å²) in [7, 11) is 0. The van der Waals surface area contributed by atoms with Crippen molar-refractivity contribution in [2.45, 2.75) is 0 Å². The number of hydrogen-bond donors (Lipinski definition) is 1. The maximum absolute atomic E-state index is 10.8. The van der Waals surface area contributed by atoms with Crippen LogP contribution in [0.2, 0.25) is 0 Å². The summed E-state index contributed by atoms with van der Waals surface area (Å²) >= 11 is 0. The highest BCUT2D eigenvalue weighted by molar-refractivity contribution is 5.73. The van der Waals surface area contributed by atoms with Crippen molar-refractivity contribution >= 4 is 11.4 Å². The second kappa shape index (κ2) is 4.61. The van der Waals surface area contributed by atoms with Crippen LogP contribution in [-0.4, -0.2) is 18.1 Å². The minimum absolute atomic E-state index is 0.0967. The van der Waals surface area contributed by atoms with Gasteiger partial charge in [-0.1, -0.05) is 18.2 Å². The number of rotatable bonds is 2. The second-order valence-corrected chi connectivity index (χ2v) is 4.29. The Morgan fingerprint density at radius 1 is 1.16 bits per heavy atom. The van der Waals surface area contributed by atoms with Crippen molar-refractivity contribution in [3.8, 4) is 16.9 Å². The molecule has 0 spiro atoms. The van der Waals surface area contributed by atoms with E-state index in [-0.39, 0.29) is 10.6 Å². The first-order valence-electron chi connectivity index (χ1n) is 5.99. The van der Waals surface area contributed by atoms with Crippen LogP contribution in [-0.2, 0) is 0 Å². The monoisotopic (exact) mass is 256 g/mol. The number of nitrogens with zero attached hydrogens (tertiary/aromatic N) is 1. The van der Waals surface area contributed by atoms with E-state index < -0.39 is 0 Å². The maximum atomic E-state index is 10.8. The molecule has 0 aliphatic carbocycles. The smallest absolute Gasteiger partial charge is 0.270 e. The molecular formula is C14H12N2O3. The Kier molecular flexibility index (Phi) is 2.79. The van der Waals surface area contributed by atoms with Gasteiger partial charge < -0.3 is 10.1 Å². The van der Waals surface area contributed by atoms with Crippen molar-refractivity contribution in [1.29, 1.82) is 0 Å². The zero-order valence-corrected chi connectivity index (χ0v) is 10.1. The highest BCUT2D eigenvalue weighted by atomic mass is 16.6. The molecule has 3 rings (SSSR count). The number of benzene rings is 2. The van der Waals surface area contributed by atoms with Crippen molar-refractivity contribution in [1.82, 2.24) is 0 Å². The largest absolute Gasteiger partial charge is 0.490 e. The van der Waals surface area contributed by atoms with Gasteiger partial charge >= 0.3 is 0 Å². The Hall–Kier alpha value is -2.56. The fraction of sp³-hybridized carbons (Fsp3) is 0.143. The van der Waals surface area contributed by atoms with Crippen LogP contribution in [0.5, 0.6) is 5.75 Å². The van der Waals surface area contributed by atoms with Gasteiger partial charge in [-0.15, -0.1) is 0 Å². The van der Waals surface area contributed by atoms with Crippen LogP contribution in [0.15, 0.2) is 42.5 Å². The Labute approximate surface area is 110 Å². The summed E-state index contributed by atoms with van der Waals surface area (Å²) < 4.78 is 5.51. The summed E-state index contributed by atoms with van der Waals surface area (Å²) in [6.07, 6.45) is 0. The van der Waals surface area contributed by atoms with E-state index in [2.05, 4.69) is 5.32 Å². The molecule has 0 unspecified atom stereocenters. The number of fused-ring (bicyclic) bond motifs is 1. The first kappa shape index (κ1) is 11.5. The molecule has 96 valence electrons. The van der Waals surface area contributed by atoms with E-state index in [1.807, 2.05) is 24.3 Å².